The smallest absolute Gasteiger partial charge is 0.213 e. The van der Waals surface area contributed by atoms with E-state index in [0.717, 1.165) is 17.1 Å². The van der Waals surface area contributed by atoms with Gasteiger partial charge >= 0.3 is 0 Å². The monoisotopic (exact) mass is 243 g/mol. The highest BCUT2D eigenvalue weighted by molar-refractivity contribution is 5.42. The average molecular weight is 243 g/mol. The summed E-state index contributed by atoms with van der Waals surface area (Å²) in [6, 6.07) is 9.81. The van der Waals surface area contributed by atoms with Gasteiger partial charge in [0.2, 0.25) is 5.88 Å². The van der Waals surface area contributed by atoms with Gasteiger partial charge in [-0.3, -0.25) is 4.98 Å². The first kappa shape index (κ1) is 12.4. The molecule has 0 aliphatic carbocycles. The average Bonchev–Trinajstić information content (AvgIpc) is 2.38. The molecule has 1 N–H and O–H groups in total. The lowest BCUT2D eigenvalue weighted by Gasteiger charge is -2.07. The van der Waals surface area contributed by atoms with E-state index in [1.54, 1.807) is 6.20 Å². The molecular formula is C14H17N3O. The van der Waals surface area contributed by atoms with Crippen LogP contribution in [0.1, 0.15) is 18.3 Å². The Labute approximate surface area is 107 Å². The highest BCUT2D eigenvalue weighted by Crippen LogP contribution is 2.12. The summed E-state index contributed by atoms with van der Waals surface area (Å²) < 4.78 is 5.29. The van der Waals surface area contributed by atoms with Gasteiger partial charge in [0.15, 0.2) is 0 Å². The SMILES string of the molecule is CCOc1ccc(NCc2cccc(C)n2)cn1. The maximum Gasteiger partial charge on any atom is 0.213 e. The summed E-state index contributed by atoms with van der Waals surface area (Å²) in [6.07, 6.45) is 1.76. The van der Waals surface area contributed by atoms with E-state index in [-0.39, 0.29) is 0 Å². The normalized spacial score (nSPS) is 10.1. The summed E-state index contributed by atoms with van der Waals surface area (Å²) in [5, 5.41) is 3.28. The molecule has 2 aromatic rings. The number of aryl methyl sites for hydroxylation is 1. The molecule has 0 unspecified atom stereocenters. The highest BCUT2D eigenvalue weighted by atomic mass is 16.5. The molecule has 0 amide bonds. The van der Waals surface area contributed by atoms with Gasteiger partial charge in [-0.2, -0.15) is 0 Å². The molecule has 2 rings (SSSR count). The third-order valence-corrected chi connectivity index (χ3v) is 2.45. The third kappa shape index (κ3) is 3.45. The van der Waals surface area contributed by atoms with Gasteiger partial charge in [0.05, 0.1) is 30.7 Å². The Kier molecular flexibility index (Phi) is 4.12. The number of rotatable bonds is 5. The lowest BCUT2D eigenvalue weighted by Crippen LogP contribution is -2.03. The fraction of sp³-hybridized carbons (Fsp3) is 0.286. The zero-order valence-electron chi connectivity index (χ0n) is 10.7. The van der Waals surface area contributed by atoms with Crippen molar-refractivity contribution in [2.75, 3.05) is 11.9 Å². The van der Waals surface area contributed by atoms with Crippen molar-refractivity contribution >= 4 is 5.69 Å². The Morgan fingerprint density at radius 3 is 2.78 bits per heavy atom. The van der Waals surface area contributed by atoms with E-state index < -0.39 is 0 Å². The molecule has 0 saturated carbocycles. The predicted molar refractivity (Wildman–Crippen MR) is 71.7 cm³/mol. The third-order valence-electron chi connectivity index (χ3n) is 2.45. The van der Waals surface area contributed by atoms with Gasteiger partial charge in [-0.05, 0) is 32.0 Å². The first-order chi connectivity index (χ1) is 8.78. The fourth-order valence-corrected chi connectivity index (χ4v) is 1.61. The fourth-order valence-electron chi connectivity index (χ4n) is 1.61. The molecule has 0 aliphatic rings. The summed E-state index contributed by atoms with van der Waals surface area (Å²) in [5.74, 6) is 0.650. The lowest BCUT2D eigenvalue weighted by atomic mass is 10.3. The number of anilines is 1. The van der Waals surface area contributed by atoms with Gasteiger partial charge in [0, 0.05) is 11.8 Å². The number of pyridine rings is 2. The minimum Gasteiger partial charge on any atom is -0.478 e. The number of nitrogens with one attached hydrogen (secondary N) is 1. The van der Waals surface area contributed by atoms with Crippen LogP contribution < -0.4 is 10.1 Å². The molecule has 0 radical (unpaired) electrons. The van der Waals surface area contributed by atoms with Gasteiger partial charge < -0.3 is 10.1 Å². The maximum absolute atomic E-state index is 5.29. The topological polar surface area (TPSA) is 47.0 Å². The van der Waals surface area contributed by atoms with E-state index in [4.69, 9.17) is 4.74 Å². The van der Waals surface area contributed by atoms with E-state index in [1.165, 1.54) is 0 Å². The number of nitrogens with zero attached hydrogens (tertiary/aromatic N) is 2. The minimum atomic E-state index is 0.632. The van der Waals surface area contributed by atoms with Crippen molar-refractivity contribution < 1.29 is 4.74 Å². The molecule has 0 saturated heterocycles. The zero-order valence-corrected chi connectivity index (χ0v) is 10.7. The van der Waals surface area contributed by atoms with Crippen molar-refractivity contribution in [2.24, 2.45) is 0 Å². The van der Waals surface area contributed by atoms with Gasteiger partial charge in [-0.25, -0.2) is 4.98 Å². The molecule has 2 heterocycles. The molecular weight excluding hydrogens is 226 g/mol. The molecule has 0 bridgehead atoms. The second-order valence-corrected chi connectivity index (χ2v) is 3.94. The number of hydrogen-bond donors (Lipinski definition) is 1. The standard InChI is InChI=1S/C14H17N3O/c1-3-18-14-8-7-12(9-16-14)15-10-13-6-4-5-11(2)17-13/h4-9,15H,3,10H2,1-2H3. The van der Waals surface area contributed by atoms with Crippen LogP contribution in [0.3, 0.4) is 0 Å². The van der Waals surface area contributed by atoms with Crippen molar-refractivity contribution in [2.45, 2.75) is 20.4 Å². The Hall–Kier alpha value is -2.10. The van der Waals surface area contributed by atoms with Gasteiger partial charge in [-0.1, -0.05) is 6.07 Å². The molecule has 2 aromatic heterocycles. The lowest BCUT2D eigenvalue weighted by molar-refractivity contribution is 0.327. The molecule has 4 heteroatoms. The van der Waals surface area contributed by atoms with E-state index in [0.29, 0.717) is 19.0 Å². The second-order valence-electron chi connectivity index (χ2n) is 3.94. The first-order valence-corrected chi connectivity index (χ1v) is 6.03. The highest BCUT2D eigenvalue weighted by Gasteiger charge is 1.98. The largest absolute Gasteiger partial charge is 0.478 e. The minimum absolute atomic E-state index is 0.632. The Morgan fingerprint density at radius 1 is 1.22 bits per heavy atom. The van der Waals surface area contributed by atoms with Crippen LogP contribution in [0.15, 0.2) is 36.5 Å². The Bertz CT molecular complexity index is 497. The van der Waals surface area contributed by atoms with Crippen molar-refractivity contribution in [3.05, 3.63) is 47.9 Å². The van der Waals surface area contributed by atoms with Gasteiger partial charge in [0.25, 0.3) is 0 Å². The summed E-state index contributed by atoms with van der Waals surface area (Å²) in [4.78, 5) is 8.62. The molecule has 4 nitrogen and oxygen atoms in total. The van der Waals surface area contributed by atoms with Crippen LogP contribution in [0.25, 0.3) is 0 Å². The number of hydrogen-bond acceptors (Lipinski definition) is 4. The van der Waals surface area contributed by atoms with Crippen molar-refractivity contribution in [1.29, 1.82) is 0 Å². The number of ether oxygens (including phenoxy) is 1. The van der Waals surface area contributed by atoms with Gasteiger partial charge in [-0.15, -0.1) is 0 Å². The van der Waals surface area contributed by atoms with Crippen LogP contribution in [0.2, 0.25) is 0 Å². The van der Waals surface area contributed by atoms with E-state index in [1.807, 2.05) is 44.2 Å². The zero-order chi connectivity index (χ0) is 12.8. The van der Waals surface area contributed by atoms with Crippen molar-refractivity contribution in [1.82, 2.24) is 9.97 Å². The summed E-state index contributed by atoms with van der Waals surface area (Å²) in [7, 11) is 0. The summed E-state index contributed by atoms with van der Waals surface area (Å²) in [5.41, 5.74) is 3.00. The van der Waals surface area contributed by atoms with Crippen LogP contribution in [-0.2, 0) is 6.54 Å². The molecule has 18 heavy (non-hydrogen) atoms. The van der Waals surface area contributed by atoms with Gasteiger partial charge in [0.1, 0.15) is 0 Å². The van der Waals surface area contributed by atoms with E-state index in [9.17, 15) is 0 Å². The number of aromatic nitrogens is 2. The van der Waals surface area contributed by atoms with Crippen LogP contribution in [0, 0.1) is 6.92 Å². The van der Waals surface area contributed by atoms with Crippen molar-refractivity contribution in [3.63, 3.8) is 0 Å². The Morgan fingerprint density at radius 2 is 2.11 bits per heavy atom. The molecule has 0 aromatic carbocycles. The molecule has 0 aliphatic heterocycles. The quantitative estimate of drug-likeness (QED) is 0.877. The summed E-state index contributed by atoms with van der Waals surface area (Å²) in [6.45, 7) is 5.25. The first-order valence-electron chi connectivity index (χ1n) is 6.03. The van der Waals surface area contributed by atoms with Crippen molar-refractivity contribution in [3.8, 4) is 5.88 Å². The van der Waals surface area contributed by atoms with Crippen LogP contribution in [0.5, 0.6) is 5.88 Å². The molecule has 94 valence electrons. The van der Waals surface area contributed by atoms with E-state index >= 15 is 0 Å². The molecule has 0 fully saturated rings. The van der Waals surface area contributed by atoms with Crippen LogP contribution in [-0.4, -0.2) is 16.6 Å². The molecule has 0 atom stereocenters. The van der Waals surface area contributed by atoms with Crippen LogP contribution in [0.4, 0.5) is 5.69 Å². The van der Waals surface area contributed by atoms with Crippen LogP contribution >= 0.6 is 0 Å². The maximum atomic E-state index is 5.29. The Balaban J connectivity index is 1.93. The predicted octanol–water partition coefficient (Wildman–Crippen LogP) is 2.80. The second kappa shape index (κ2) is 6.00. The van der Waals surface area contributed by atoms with E-state index in [2.05, 4.69) is 15.3 Å². The summed E-state index contributed by atoms with van der Waals surface area (Å²) >= 11 is 0. The molecule has 0 spiro atoms.